The van der Waals surface area contributed by atoms with E-state index in [0.29, 0.717) is 30.4 Å². The minimum atomic E-state index is -0.0210. The Morgan fingerprint density at radius 1 is 1.38 bits per heavy atom. The number of nitrogens with zero attached hydrogens (tertiary/aromatic N) is 1. The molecule has 2 aliphatic carbocycles. The van der Waals surface area contributed by atoms with E-state index >= 15 is 0 Å². The summed E-state index contributed by atoms with van der Waals surface area (Å²) < 4.78 is 7.81. The molecule has 0 amide bonds. The largest absolute Gasteiger partial charge is 0.398 e. The van der Waals surface area contributed by atoms with Crippen LogP contribution in [0.2, 0.25) is 0 Å². The smallest absolute Gasteiger partial charge is 0.250 e. The van der Waals surface area contributed by atoms with Crippen LogP contribution in [0.15, 0.2) is 23.1 Å². The number of rotatable bonds is 4. The van der Waals surface area contributed by atoms with Gasteiger partial charge in [0.15, 0.2) is 0 Å². The second-order valence-electron chi connectivity index (χ2n) is 7.46. The fraction of sp³-hybridized carbons (Fsp3) is 0.706. The van der Waals surface area contributed by atoms with Crippen molar-refractivity contribution >= 4 is 5.69 Å². The van der Waals surface area contributed by atoms with E-state index in [-0.39, 0.29) is 11.0 Å². The van der Waals surface area contributed by atoms with Crippen LogP contribution < -0.4 is 11.3 Å². The van der Waals surface area contributed by atoms with Crippen LogP contribution in [0.4, 0.5) is 5.69 Å². The molecule has 3 unspecified atom stereocenters. The van der Waals surface area contributed by atoms with Crippen LogP contribution in [0, 0.1) is 16.7 Å². The molecule has 4 nitrogen and oxygen atoms in total. The fourth-order valence-corrected chi connectivity index (χ4v) is 4.40. The van der Waals surface area contributed by atoms with Crippen molar-refractivity contribution in [1.82, 2.24) is 4.57 Å². The monoisotopic (exact) mass is 290 g/mol. The molecular formula is C17H26N2O2. The van der Waals surface area contributed by atoms with Gasteiger partial charge in [-0.15, -0.1) is 0 Å². The first-order valence-corrected chi connectivity index (χ1v) is 7.92. The molecular weight excluding hydrogens is 264 g/mol. The molecule has 2 fully saturated rings. The Morgan fingerprint density at radius 3 is 2.76 bits per heavy atom. The minimum absolute atomic E-state index is 0.0210. The summed E-state index contributed by atoms with van der Waals surface area (Å²) >= 11 is 0. The molecule has 116 valence electrons. The molecule has 2 aliphatic rings. The molecule has 3 rings (SSSR count). The lowest BCUT2D eigenvalue weighted by atomic mass is 9.70. The van der Waals surface area contributed by atoms with E-state index in [0.717, 1.165) is 12.3 Å². The van der Waals surface area contributed by atoms with Gasteiger partial charge in [0.25, 0.3) is 5.56 Å². The van der Waals surface area contributed by atoms with Crippen LogP contribution in [0.5, 0.6) is 0 Å². The van der Waals surface area contributed by atoms with E-state index in [2.05, 4.69) is 20.8 Å². The number of pyridine rings is 1. The van der Waals surface area contributed by atoms with Gasteiger partial charge in [0.1, 0.15) is 0 Å². The Bertz CT molecular complexity index is 593. The Morgan fingerprint density at radius 2 is 2.14 bits per heavy atom. The molecule has 0 spiro atoms. The Hall–Kier alpha value is -1.29. The van der Waals surface area contributed by atoms with E-state index in [4.69, 9.17) is 10.5 Å². The average Bonchev–Trinajstić information content (AvgIpc) is 2.76. The van der Waals surface area contributed by atoms with Crippen molar-refractivity contribution in [2.75, 3.05) is 12.3 Å². The van der Waals surface area contributed by atoms with Gasteiger partial charge in [-0.1, -0.05) is 20.8 Å². The predicted octanol–water partition coefficient (Wildman–Crippen LogP) is 2.66. The summed E-state index contributed by atoms with van der Waals surface area (Å²) in [5, 5.41) is 0. The number of anilines is 1. The fourth-order valence-electron chi connectivity index (χ4n) is 4.40. The van der Waals surface area contributed by atoms with Gasteiger partial charge in [0, 0.05) is 24.5 Å². The molecule has 0 aromatic carbocycles. The SMILES string of the molecule is CC1(C)C2CCC1(C)C(OCCn1cc(N)ccc1=O)C2. The van der Waals surface area contributed by atoms with Crippen molar-refractivity contribution < 1.29 is 4.74 Å². The Balaban J connectivity index is 1.62. The number of hydrogen-bond donors (Lipinski definition) is 1. The lowest BCUT2D eigenvalue weighted by molar-refractivity contribution is -0.0490. The highest BCUT2D eigenvalue weighted by Crippen LogP contribution is 2.66. The summed E-state index contributed by atoms with van der Waals surface area (Å²) in [4.78, 5) is 11.7. The van der Waals surface area contributed by atoms with E-state index in [1.54, 1.807) is 16.8 Å². The Kier molecular flexibility index (Phi) is 3.40. The van der Waals surface area contributed by atoms with Crippen molar-refractivity contribution in [2.24, 2.45) is 16.7 Å². The molecule has 2 saturated carbocycles. The van der Waals surface area contributed by atoms with Gasteiger partial charge in [0.05, 0.1) is 12.7 Å². The number of fused-ring (bicyclic) bond motifs is 2. The van der Waals surface area contributed by atoms with Crippen LogP contribution in [-0.2, 0) is 11.3 Å². The highest BCUT2D eigenvalue weighted by Gasteiger charge is 2.61. The zero-order chi connectivity index (χ0) is 15.3. The summed E-state index contributed by atoms with van der Waals surface area (Å²) in [6.45, 7) is 8.29. The normalized spacial score (nSPS) is 33.5. The first-order valence-electron chi connectivity index (χ1n) is 7.92. The summed E-state index contributed by atoms with van der Waals surface area (Å²) in [5.74, 6) is 0.780. The molecule has 2 N–H and O–H groups in total. The van der Waals surface area contributed by atoms with E-state index in [1.165, 1.54) is 18.9 Å². The van der Waals surface area contributed by atoms with Crippen molar-refractivity contribution in [2.45, 2.75) is 52.7 Å². The summed E-state index contributed by atoms with van der Waals surface area (Å²) in [7, 11) is 0. The highest BCUT2D eigenvalue weighted by atomic mass is 16.5. The second-order valence-corrected chi connectivity index (χ2v) is 7.46. The number of aromatic nitrogens is 1. The number of nitrogens with two attached hydrogens (primary N) is 1. The van der Waals surface area contributed by atoms with Gasteiger partial charge in [-0.3, -0.25) is 4.79 Å². The van der Waals surface area contributed by atoms with Crippen molar-refractivity contribution in [3.63, 3.8) is 0 Å². The highest BCUT2D eigenvalue weighted by molar-refractivity contribution is 5.33. The third kappa shape index (κ3) is 2.20. The summed E-state index contributed by atoms with van der Waals surface area (Å²) in [5.41, 5.74) is 6.96. The van der Waals surface area contributed by atoms with E-state index in [1.807, 2.05) is 0 Å². The van der Waals surface area contributed by atoms with E-state index < -0.39 is 0 Å². The van der Waals surface area contributed by atoms with Gasteiger partial charge in [-0.25, -0.2) is 0 Å². The predicted molar refractivity (Wildman–Crippen MR) is 84.1 cm³/mol. The number of hydrogen-bond acceptors (Lipinski definition) is 3. The average molecular weight is 290 g/mol. The third-order valence-corrected chi connectivity index (χ3v) is 6.37. The molecule has 21 heavy (non-hydrogen) atoms. The molecule has 1 aromatic heterocycles. The number of ether oxygens (including phenoxy) is 1. The maximum Gasteiger partial charge on any atom is 0.250 e. The maximum atomic E-state index is 11.7. The van der Waals surface area contributed by atoms with Crippen molar-refractivity contribution in [1.29, 1.82) is 0 Å². The van der Waals surface area contributed by atoms with Crippen molar-refractivity contribution in [3.8, 4) is 0 Å². The van der Waals surface area contributed by atoms with Gasteiger partial charge in [0.2, 0.25) is 0 Å². The first-order chi connectivity index (χ1) is 9.84. The Labute approximate surface area is 126 Å². The van der Waals surface area contributed by atoms with Gasteiger partial charge < -0.3 is 15.0 Å². The van der Waals surface area contributed by atoms with Crippen LogP contribution in [-0.4, -0.2) is 17.3 Å². The first kappa shape index (κ1) is 14.6. The van der Waals surface area contributed by atoms with Crippen molar-refractivity contribution in [3.05, 3.63) is 28.7 Å². The standard InChI is InChI=1S/C17H26N2O2/c1-16(2)12-6-7-17(16,3)14(10-12)21-9-8-19-11-13(18)4-5-15(19)20/h4-5,11-12,14H,6-10,18H2,1-3H3. The lowest BCUT2D eigenvalue weighted by Gasteiger charge is -2.38. The molecule has 1 aromatic rings. The van der Waals surface area contributed by atoms with Gasteiger partial charge in [-0.2, -0.15) is 0 Å². The quantitative estimate of drug-likeness (QED) is 0.927. The lowest BCUT2D eigenvalue weighted by Crippen LogP contribution is -2.38. The van der Waals surface area contributed by atoms with E-state index in [9.17, 15) is 4.79 Å². The zero-order valence-electron chi connectivity index (χ0n) is 13.3. The van der Waals surface area contributed by atoms with Gasteiger partial charge in [-0.05, 0) is 42.1 Å². The number of nitrogen functional groups attached to an aromatic ring is 1. The summed E-state index contributed by atoms with van der Waals surface area (Å²) in [6, 6.07) is 3.15. The molecule has 1 heterocycles. The second kappa shape index (κ2) is 4.87. The molecule has 0 radical (unpaired) electrons. The molecule has 2 bridgehead atoms. The zero-order valence-corrected chi connectivity index (χ0v) is 13.3. The molecule has 0 saturated heterocycles. The van der Waals surface area contributed by atoms with Crippen LogP contribution >= 0.6 is 0 Å². The van der Waals surface area contributed by atoms with Gasteiger partial charge >= 0.3 is 0 Å². The topological polar surface area (TPSA) is 57.2 Å². The maximum absolute atomic E-state index is 11.7. The third-order valence-electron chi connectivity index (χ3n) is 6.37. The molecule has 0 aliphatic heterocycles. The molecule has 3 atom stereocenters. The summed E-state index contributed by atoms with van der Waals surface area (Å²) in [6.07, 6.45) is 5.77. The van der Waals surface area contributed by atoms with Crippen LogP contribution in [0.25, 0.3) is 0 Å². The minimum Gasteiger partial charge on any atom is -0.398 e. The molecule has 4 heteroatoms. The van der Waals surface area contributed by atoms with Crippen LogP contribution in [0.1, 0.15) is 40.0 Å². The van der Waals surface area contributed by atoms with Crippen LogP contribution in [0.3, 0.4) is 0 Å².